The Bertz CT molecular complexity index is 1850. The van der Waals surface area contributed by atoms with Gasteiger partial charge in [-0.1, -0.05) is 42.2 Å². The monoisotopic (exact) mass is 767 g/mol. The molecule has 276 valence electrons. The molecule has 0 unspecified atom stereocenters. The third-order valence-electron chi connectivity index (χ3n) is 8.09. The van der Waals surface area contributed by atoms with E-state index in [1.165, 1.54) is 41.3 Å². The molecule has 2 fully saturated rings. The zero-order valence-electron chi connectivity index (χ0n) is 27.2. The zero-order valence-corrected chi connectivity index (χ0v) is 28.8. The predicted molar refractivity (Wildman–Crippen MR) is 184 cm³/mol. The van der Waals surface area contributed by atoms with E-state index in [4.69, 9.17) is 26.8 Å². The lowest BCUT2D eigenvalue weighted by Crippen LogP contribution is -2.38. The van der Waals surface area contributed by atoms with E-state index in [0.29, 0.717) is 50.5 Å². The van der Waals surface area contributed by atoms with E-state index >= 15 is 0 Å². The van der Waals surface area contributed by atoms with Crippen LogP contribution in [0, 0.1) is 0 Å². The molecule has 2 amide bonds. The van der Waals surface area contributed by atoms with Crippen LogP contribution < -0.4 is 10.1 Å². The van der Waals surface area contributed by atoms with Crippen LogP contribution in [0.2, 0.25) is 0 Å². The molecule has 0 aromatic heterocycles. The van der Waals surface area contributed by atoms with Gasteiger partial charge in [-0.05, 0) is 65.2 Å². The number of alkyl halides is 6. The maximum Gasteiger partial charge on any atom is 0.416 e. The standard InChI is InChI=1S/C35H31F6N3O6S2/c36-34(37,38)26-16-24(17-27(19-26)35(39,40)41)22-4-5-28(50-13-10-43-8-11-49-12-9-43)25(15-22)18-29-31(46)44(33(51)52-29)7-6-30(45)42-20-21-2-1-3-23(14-21)32(47)48/h1-5,14-19H,6-13,20H2,(H,42,45)(H,47,48)/b29-18-. The Morgan fingerprint density at radius 2 is 1.63 bits per heavy atom. The number of nitrogens with one attached hydrogen (secondary N) is 1. The van der Waals surface area contributed by atoms with Crippen molar-refractivity contribution in [1.82, 2.24) is 15.1 Å². The summed E-state index contributed by atoms with van der Waals surface area (Å²) in [6, 6.07) is 11.5. The van der Waals surface area contributed by atoms with Crippen molar-refractivity contribution in [3.8, 4) is 16.9 Å². The summed E-state index contributed by atoms with van der Waals surface area (Å²) in [4.78, 5) is 40.7. The summed E-state index contributed by atoms with van der Waals surface area (Å²) in [7, 11) is 0. The lowest BCUT2D eigenvalue weighted by molar-refractivity contribution is -0.143. The summed E-state index contributed by atoms with van der Waals surface area (Å²) >= 11 is 6.32. The van der Waals surface area contributed by atoms with Crippen LogP contribution in [0.1, 0.15) is 39.0 Å². The first-order valence-corrected chi connectivity index (χ1v) is 17.0. The van der Waals surface area contributed by atoms with Crippen LogP contribution in [0.3, 0.4) is 0 Å². The van der Waals surface area contributed by atoms with Crippen LogP contribution in [0.5, 0.6) is 5.75 Å². The third kappa shape index (κ3) is 10.1. The van der Waals surface area contributed by atoms with Crippen molar-refractivity contribution in [2.24, 2.45) is 0 Å². The van der Waals surface area contributed by atoms with Gasteiger partial charge in [-0.25, -0.2) is 4.79 Å². The zero-order chi connectivity index (χ0) is 37.6. The molecule has 0 spiro atoms. The average molecular weight is 768 g/mol. The fourth-order valence-electron chi connectivity index (χ4n) is 5.35. The fraction of sp³-hybridized carbons (Fsp3) is 0.314. The Balaban J connectivity index is 1.36. The summed E-state index contributed by atoms with van der Waals surface area (Å²) in [5.74, 6) is -1.86. The minimum Gasteiger partial charge on any atom is -0.492 e. The number of hydrogen-bond acceptors (Lipinski definition) is 8. The van der Waals surface area contributed by atoms with Crippen LogP contribution in [0.4, 0.5) is 26.3 Å². The van der Waals surface area contributed by atoms with Gasteiger partial charge in [0.25, 0.3) is 5.91 Å². The summed E-state index contributed by atoms with van der Waals surface area (Å²) < 4.78 is 93.3. The van der Waals surface area contributed by atoms with Crippen molar-refractivity contribution < 1.29 is 55.3 Å². The van der Waals surface area contributed by atoms with Crippen molar-refractivity contribution in [1.29, 1.82) is 0 Å². The van der Waals surface area contributed by atoms with Gasteiger partial charge < -0.3 is 19.9 Å². The largest absolute Gasteiger partial charge is 0.492 e. The van der Waals surface area contributed by atoms with Gasteiger partial charge in [0.1, 0.15) is 16.7 Å². The highest BCUT2D eigenvalue weighted by atomic mass is 32.2. The van der Waals surface area contributed by atoms with E-state index in [0.717, 1.165) is 11.8 Å². The van der Waals surface area contributed by atoms with E-state index < -0.39 is 41.3 Å². The molecule has 0 radical (unpaired) electrons. The topological polar surface area (TPSA) is 108 Å². The van der Waals surface area contributed by atoms with Crippen molar-refractivity contribution in [2.45, 2.75) is 25.3 Å². The molecular formula is C35H31F6N3O6S2. The molecule has 17 heteroatoms. The molecule has 0 aliphatic carbocycles. The molecule has 0 bridgehead atoms. The minimum absolute atomic E-state index is 0.0180. The van der Waals surface area contributed by atoms with E-state index in [9.17, 15) is 40.7 Å². The molecule has 3 aromatic carbocycles. The molecule has 0 atom stereocenters. The molecule has 0 saturated carbocycles. The van der Waals surface area contributed by atoms with Crippen molar-refractivity contribution >= 4 is 52.2 Å². The molecule has 3 aromatic rings. The maximum atomic E-state index is 13.6. The van der Waals surface area contributed by atoms with E-state index in [1.54, 1.807) is 12.1 Å². The first kappa shape index (κ1) is 38.8. The Kier molecular flexibility index (Phi) is 12.3. The number of amides is 2. The van der Waals surface area contributed by atoms with E-state index in [-0.39, 0.29) is 69.4 Å². The molecular weight excluding hydrogens is 737 g/mol. The second-order valence-corrected chi connectivity index (χ2v) is 13.4. The number of carbonyl (C=O) groups excluding carboxylic acids is 2. The number of carbonyl (C=O) groups is 3. The number of aromatic carboxylic acids is 1. The number of rotatable bonds is 12. The van der Waals surface area contributed by atoms with Gasteiger partial charge in [0.05, 0.1) is 34.8 Å². The number of thiocarbonyl (C=S) groups is 1. The molecule has 2 saturated heterocycles. The van der Waals surface area contributed by atoms with Gasteiger partial charge in [0.15, 0.2) is 0 Å². The summed E-state index contributed by atoms with van der Waals surface area (Å²) in [6.07, 6.45) is -8.82. The third-order valence-corrected chi connectivity index (χ3v) is 9.46. The molecule has 2 heterocycles. The number of carboxylic acids is 1. The van der Waals surface area contributed by atoms with Crippen molar-refractivity contribution in [3.63, 3.8) is 0 Å². The van der Waals surface area contributed by atoms with Crippen LogP contribution in [0.15, 0.2) is 65.6 Å². The minimum atomic E-state index is -5.04. The fourth-order valence-corrected chi connectivity index (χ4v) is 6.65. The SMILES string of the molecule is O=C(CCN1C(=O)/C(=C/c2cc(-c3cc(C(F)(F)F)cc(C(F)(F)F)c3)ccc2OCCN2CCOCC2)SC1=S)NCc1cccc(C(=O)O)c1. The van der Waals surface area contributed by atoms with Crippen molar-refractivity contribution in [3.05, 3.63) is 93.4 Å². The van der Waals surface area contributed by atoms with Crippen molar-refractivity contribution in [2.75, 3.05) is 46.0 Å². The highest BCUT2D eigenvalue weighted by molar-refractivity contribution is 8.26. The molecule has 9 nitrogen and oxygen atoms in total. The number of halogens is 6. The van der Waals surface area contributed by atoms with E-state index in [1.807, 2.05) is 0 Å². The maximum absolute atomic E-state index is 13.6. The average Bonchev–Trinajstić information content (AvgIpc) is 3.37. The molecule has 2 aliphatic rings. The predicted octanol–water partition coefficient (Wildman–Crippen LogP) is 6.71. The van der Waals surface area contributed by atoms with Gasteiger partial charge in [-0.15, -0.1) is 0 Å². The Labute approximate surface area is 303 Å². The van der Waals surface area contributed by atoms with Crippen LogP contribution >= 0.6 is 24.0 Å². The second-order valence-electron chi connectivity index (χ2n) is 11.7. The van der Waals surface area contributed by atoms with Gasteiger partial charge in [0.2, 0.25) is 5.91 Å². The van der Waals surface area contributed by atoms with Crippen LogP contribution in [-0.4, -0.2) is 83.0 Å². The first-order valence-electron chi connectivity index (χ1n) is 15.8. The highest BCUT2D eigenvalue weighted by Gasteiger charge is 2.37. The van der Waals surface area contributed by atoms with Gasteiger partial charge in [-0.3, -0.25) is 19.4 Å². The summed E-state index contributed by atoms with van der Waals surface area (Å²) in [5, 5.41) is 11.8. The number of ether oxygens (including phenoxy) is 2. The quantitative estimate of drug-likeness (QED) is 0.118. The number of hydrogen-bond donors (Lipinski definition) is 2. The number of carboxylic acid groups (broad SMARTS) is 1. The normalized spacial score (nSPS) is 16.4. The van der Waals surface area contributed by atoms with E-state index in [2.05, 4.69) is 10.2 Å². The highest BCUT2D eigenvalue weighted by Crippen LogP contribution is 2.40. The number of thioether (sulfide) groups is 1. The second kappa shape index (κ2) is 16.5. The Morgan fingerprint density at radius 1 is 0.942 bits per heavy atom. The molecule has 2 aliphatic heterocycles. The molecule has 5 rings (SSSR count). The van der Waals surface area contributed by atoms with Gasteiger partial charge in [-0.2, -0.15) is 26.3 Å². The lowest BCUT2D eigenvalue weighted by atomic mass is 9.97. The molecule has 2 N–H and O–H groups in total. The Hall–Kier alpha value is -4.45. The lowest BCUT2D eigenvalue weighted by Gasteiger charge is -2.26. The number of nitrogens with zero attached hydrogens (tertiary/aromatic N) is 2. The first-order chi connectivity index (χ1) is 24.6. The van der Waals surface area contributed by atoms with Crippen LogP contribution in [0.25, 0.3) is 17.2 Å². The molecule has 52 heavy (non-hydrogen) atoms. The van der Waals surface area contributed by atoms with Gasteiger partial charge >= 0.3 is 18.3 Å². The van der Waals surface area contributed by atoms with Crippen LogP contribution in [-0.2, 0) is 33.2 Å². The number of benzene rings is 3. The van der Waals surface area contributed by atoms with Gasteiger partial charge in [0, 0.05) is 44.7 Å². The summed E-state index contributed by atoms with van der Waals surface area (Å²) in [5.41, 5.74) is -2.42. The smallest absolute Gasteiger partial charge is 0.416 e. The summed E-state index contributed by atoms with van der Waals surface area (Å²) in [6.45, 7) is 3.16. The Morgan fingerprint density at radius 3 is 2.29 bits per heavy atom. The number of morpholine rings is 1.